The molecular weight excluding hydrogens is 422 g/mol. The van der Waals surface area contributed by atoms with Crippen molar-refractivity contribution in [2.45, 2.75) is 26.7 Å². The van der Waals surface area contributed by atoms with Crippen LogP contribution >= 0.6 is 0 Å². The number of rotatable bonds is 3. The monoisotopic (exact) mass is 451 g/mol. The van der Waals surface area contributed by atoms with Crippen LogP contribution in [0.2, 0.25) is 0 Å². The molecule has 0 aliphatic carbocycles. The number of fused-ring (bicyclic) bond motifs is 2. The molecule has 0 radical (unpaired) electrons. The first-order valence-electron chi connectivity index (χ1n) is 11.7. The Balaban J connectivity index is 0.00000241. The van der Waals surface area contributed by atoms with Gasteiger partial charge in [-0.3, -0.25) is 0 Å². The molecule has 6 heteroatoms. The molecule has 0 spiro atoms. The van der Waals surface area contributed by atoms with Crippen LogP contribution in [-0.4, -0.2) is 38.1 Å². The van der Waals surface area contributed by atoms with E-state index in [9.17, 15) is 0 Å². The van der Waals surface area contributed by atoms with Crippen LogP contribution in [0.3, 0.4) is 0 Å². The molecule has 0 bridgehead atoms. The van der Waals surface area contributed by atoms with Gasteiger partial charge in [0.25, 0.3) is 0 Å². The zero-order valence-corrected chi connectivity index (χ0v) is 19.6. The van der Waals surface area contributed by atoms with E-state index in [0.29, 0.717) is 0 Å². The van der Waals surface area contributed by atoms with E-state index < -0.39 is 0 Å². The summed E-state index contributed by atoms with van der Waals surface area (Å²) in [6.45, 7) is 6.66. The summed E-state index contributed by atoms with van der Waals surface area (Å²) < 4.78 is 1.87. The molecule has 1 aliphatic heterocycles. The molecule has 6 rings (SSSR count). The second-order valence-corrected chi connectivity index (χ2v) is 9.22. The Kier molecular flexibility index (Phi) is 5.75. The summed E-state index contributed by atoms with van der Waals surface area (Å²) in [7, 11) is 0. The molecule has 0 amide bonds. The number of aryl methyl sites for hydroxylation is 1. The maximum Gasteiger partial charge on any atom is 0.162 e. The molecule has 0 saturated carbocycles. The van der Waals surface area contributed by atoms with Gasteiger partial charge in [-0.15, -0.1) is 0 Å². The molecular formula is C28H29N5O. The summed E-state index contributed by atoms with van der Waals surface area (Å²) in [4.78, 5) is 11.9. The fraction of sp³-hybridized carbons (Fsp3) is 0.250. The van der Waals surface area contributed by atoms with E-state index in [1.807, 2.05) is 29.3 Å². The topological polar surface area (TPSA) is 77.8 Å². The highest BCUT2D eigenvalue weighted by atomic mass is 16.0. The van der Waals surface area contributed by atoms with Crippen LogP contribution in [0, 0.1) is 12.8 Å². The highest BCUT2D eigenvalue weighted by Crippen LogP contribution is 2.33. The van der Waals surface area contributed by atoms with Crippen molar-refractivity contribution in [3.05, 3.63) is 78.9 Å². The normalized spacial score (nSPS) is 14.5. The second-order valence-electron chi connectivity index (χ2n) is 9.22. The summed E-state index contributed by atoms with van der Waals surface area (Å²) in [5, 5.41) is 7.13. The van der Waals surface area contributed by atoms with E-state index in [4.69, 9.17) is 9.97 Å². The number of benzene rings is 2. The van der Waals surface area contributed by atoms with Gasteiger partial charge in [0, 0.05) is 48.4 Å². The van der Waals surface area contributed by atoms with Gasteiger partial charge in [-0.25, -0.2) is 14.5 Å². The minimum absolute atomic E-state index is 0. The zero-order valence-electron chi connectivity index (χ0n) is 19.6. The summed E-state index contributed by atoms with van der Waals surface area (Å²) in [6.07, 6.45) is 10.3. The average molecular weight is 452 g/mol. The van der Waals surface area contributed by atoms with Crippen molar-refractivity contribution in [1.82, 2.24) is 19.6 Å². The summed E-state index contributed by atoms with van der Waals surface area (Å²) in [5.74, 6) is 1.88. The predicted molar refractivity (Wildman–Crippen MR) is 138 cm³/mol. The summed E-state index contributed by atoms with van der Waals surface area (Å²) in [5.41, 5.74) is 6.41. The lowest BCUT2D eigenvalue weighted by Gasteiger charge is -2.31. The SMILES string of the molecule is Cc1ccc(-c2cnn3cc(-c4ccc(N5CCC(C)CC5)nc4)cnc23)c2ccccc12.O. The van der Waals surface area contributed by atoms with Crippen LogP contribution in [0.1, 0.15) is 25.3 Å². The van der Waals surface area contributed by atoms with Crippen LogP contribution in [0.4, 0.5) is 5.82 Å². The van der Waals surface area contributed by atoms with Crippen molar-refractivity contribution in [2.24, 2.45) is 5.92 Å². The number of hydrogen-bond acceptors (Lipinski definition) is 4. The van der Waals surface area contributed by atoms with Gasteiger partial charge in [0.1, 0.15) is 5.82 Å². The largest absolute Gasteiger partial charge is 0.412 e. The van der Waals surface area contributed by atoms with Gasteiger partial charge in [-0.1, -0.05) is 43.3 Å². The molecule has 2 N–H and O–H groups in total. The third kappa shape index (κ3) is 3.80. The van der Waals surface area contributed by atoms with E-state index in [-0.39, 0.29) is 5.48 Å². The van der Waals surface area contributed by atoms with Crippen molar-refractivity contribution >= 4 is 22.2 Å². The maximum absolute atomic E-state index is 4.81. The van der Waals surface area contributed by atoms with E-state index in [0.717, 1.165) is 52.7 Å². The van der Waals surface area contributed by atoms with Gasteiger partial charge >= 0.3 is 0 Å². The third-order valence-electron chi connectivity index (χ3n) is 6.98. The van der Waals surface area contributed by atoms with Gasteiger partial charge in [0.2, 0.25) is 0 Å². The lowest BCUT2D eigenvalue weighted by Crippen LogP contribution is -2.33. The number of piperidine rings is 1. The lowest BCUT2D eigenvalue weighted by molar-refractivity contribution is 0.436. The quantitative estimate of drug-likeness (QED) is 0.371. The van der Waals surface area contributed by atoms with Crippen molar-refractivity contribution in [2.75, 3.05) is 18.0 Å². The van der Waals surface area contributed by atoms with Gasteiger partial charge in [-0.05, 0) is 59.7 Å². The second kappa shape index (κ2) is 8.88. The number of nitrogens with zero attached hydrogens (tertiary/aromatic N) is 5. The number of hydrogen-bond donors (Lipinski definition) is 0. The Morgan fingerprint density at radius 3 is 2.32 bits per heavy atom. The zero-order chi connectivity index (χ0) is 22.4. The first-order valence-corrected chi connectivity index (χ1v) is 11.7. The van der Waals surface area contributed by atoms with Crippen LogP contribution in [-0.2, 0) is 0 Å². The molecule has 1 aliphatic rings. The molecule has 0 atom stereocenters. The molecule has 1 fully saturated rings. The molecule has 34 heavy (non-hydrogen) atoms. The average Bonchev–Trinajstić information content (AvgIpc) is 3.28. The molecule has 6 nitrogen and oxygen atoms in total. The van der Waals surface area contributed by atoms with Crippen LogP contribution < -0.4 is 4.90 Å². The van der Waals surface area contributed by atoms with Gasteiger partial charge in [0.15, 0.2) is 5.65 Å². The first kappa shape index (κ1) is 22.0. The van der Waals surface area contributed by atoms with Gasteiger partial charge < -0.3 is 10.4 Å². The third-order valence-corrected chi connectivity index (χ3v) is 6.98. The fourth-order valence-electron chi connectivity index (χ4n) is 4.88. The molecule has 0 unspecified atom stereocenters. The minimum atomic E-state index is 0. The number of anilines is 1. The number of pyridine rings is 1. The summed E-state index contributed by atoms with van der Waals surface area (Å²) in [6, 6.07) is 17.1. The molecule has 1 saturated heterocycles. The lowest BCUT2D eigenvalue weighted by atomic mass is 9.97. The van der Waals surface area contributed by atoms with Gasteiger partial charge in [-0.2, -0.15) is 5.10 Å². The molecule has 2 aromatic carbocycles. The Labute approximate surface area is 199 Å². The highest BCUT2D eigenvalue weighted by Gasteiger charge is 2.17. The standard InChI is InChI=1S/C28H27N5.H2O/c1-19-11-13-32(14-12-19)27-10-8-21(15-29-27)22-16-30-28-26(17-31-33(28)18-22)25-9-7-20(2)23-5-3-4-6-24(23)25;/h3-10,15-19H,11-14H2,1-2H3;1H2. The first-order chi connectivity index (χ1) is 16.2. The van der Waals surface area contributed by atoms with Crippen LogP contribution in [0.5, 0.6) is 0 Å². The Hall–Kier alpha value is -3.77. The van der Waals surface area contributed by atoms with E-state index in [1.54, 1.807) is 0 Å². The van der Waals surface area contributed by atoms with E-state index in [1.165, 1.54) is 29.2 Å². The Bertz CT molecular complexity index is 1450. The Morgan fingerprint density at radius 1 is 0.794 bits per heavy atom. The number of aromatic nitrogens is 4. The molecule has 172 valence electrons. The highest BCUT2D eigenvalue weighted by molar-refractivity contribution is 6.01. The molecule has 4 heterocycles. The van der Waals surface area contributed by atoms with Crippen molar-refractivity contribution in [3.8, 4) is 22.3 Å². The Morgan fingerprint density at radius 2 is 1.56 bits per heavy atom. The van der Waals surface area contributed by atoms with Crippen molar-refractivity contribution in [1.29, 1.82) is 0 Å². The van der Waals surface area contributed by atoms with E-state index in [2.05, 4.69) is 72.4 Å². The predicted octanol–water partition coefficient (Wildman–Crippen LogP) is 5.33. The van der Waals surface area contributed by atoms with Crippen molar-refractivity contribution < 1.29 is 5.48 Å². The molecule has 5 aromatic rings. The molecule has 3 aromatic heterocycles. The van der Waals surface area contributed by atoms with Gasteiger partial charge in [0.05, 0.1) is 6.20 Å². The van der Waals surface area contributed by atoms with Crippen LogP contribution in [0.15, 0.2) is 73.3 Å². The summed E-state index contributed by atoms with van der Waals surface area (Å²) >= 11 is 0. The minimum Gasteiger partial charge on any atom is -0.412 e. The van der Waals surface area contributed by atoms with Crippen molar-refractivity contribution in [3.63, 3.8) is 0 Å². The van der Waals surface area contributed by atoms with E-state index >= 15 is 0 Å². The maximum atomic E-state index is 4.81. The fourth-order valence-corrected chi connectivity index (χ4v) is 4.88. The van der Waals surface area contributed by atoms with Crippen LogP contribution in [0.25, 0.3) is 38.7 Å². The smallest absolute Gasteiger partial charge is 0.162 e.